The van der Waals surface area contributed by atoms with E-state index in [9.17, 15) is 0 Å². The molecule has 1 nitrogen and oxygen atoms in total. The first-order chi connectivity index (χ1) is 14.8. The van der Waals surface area contributed by atoms with Gasteiger partial charge >= 0.3 is 0 Å². The second kappa shape index (κ2) is 6.55. The van der Waals surface area contributed by atoms with Gasteiger partial charge < -0.3 is 0 Å². The van der Waals surface area contributed by atoms with Gasteiger partial charge in [-0.15, -0.1) is 0 Å². The number of aromatic nitrogens is 1. The first-order valence-corrected chi connectivity index (χ1v) is 10.5. The number of benzene rings is 4. The minimum Gasteiger partial charge on any atom is -0.256 e. The summed E-state index contributed by atoms with van der Waals surface area (Å²) < 4.78 is 0. The molecule has 0 aliphatic heterocycles. The molecule has 0 N–H and O–H groups in total. The van der Waals surface area contributed by atoms with Crippen LogP contribution in [0.5, 0.6) is 0 Å². The van der Waals surface area contributed by atoms with Crippen LogP contribution < -0.4 is 0 Å². The molecule has 1 aliphatic carbocycles. The number of hydrogen-bond acceptors (Lipinski definition) is 1. The van der Waals surface area contributed by atoms with E-state index in [2.05, 4.69) is 96.0 Å². The SMILES string of the molecule is Clc1ccc2c(c1)C(c1ccccc1)(c1ccc3ncccc3c1)c1ccccc1-2. The zero-order chi connectivity index (χ0) is 20.1. The van der Waals surface area contributed by atoms with Gasteiger partial charge in [0.2, 0.25) is 0 Å². The lowest BCUT2D eigenvalue weighted by atomic mass is 9.67. The molecule has 6 rings (SSSR count). The fourth-order valence-electron chi connectivity index (χ4n) is 5.04. The monoisotopic (exact) mass is 403 g/mol. The van der Waals surface area contributed by atoms with E-state index in [0.717, 1.165) is 15.9 Å². The molecule has 0 fully saturated rings. The highest BCUT2D eigenvalue weighted by Gasteiger charge is 2.46. The van der Waals surface area contributed by atoms with Gasteiger partial charge in [-0.05, 0) is 63.7 Å². The van der Waals surface area contributed by atoms with Crippen molar-refractivity contribution in [2.75, 3.05) is 0 Å². The third-order valence-corrected chi connectivity index (χ3v) is 6.48. The van der Waals surface area contributed by atoms with Crippen LogP contribution in [0.1, 0.15) is 22.3 Å². The molecular weight excluding hydrogens is 386 g/mol. The minimum absolute atomic E-state index is 0.428. The Labute approximate surface area is 180 Å². The fourth-order valence-corrected chi connectivity index (χ4v) is 5.21. The van der Waals surface area contributed by atoms with Crippen LogP contribution >= 0.6 is 11.6 Å². The molecule has 1 heterocycles. The smallest absolute Gasteiger partial charge is 0.0714 e. The Morgan fingerprint density at radius 3 is 2.30 bits per heavy atom. The molecule has 0 saturated heterocycles. The van der Waals surface area contributed by atoms with Crippen molar-refractivity contribution in [2.45, 2.75) is 5.41 Å². The van der Waals surface area contributed by atoms with Crippen molar-refractivity contribution in [3.8, 4) is 11.1 Å². The molecule has 30 heavy (non-hydrogen) atoms. The van der Waals surface area contributed by atoms with Gasteiger partial charge in [-0.25, -0.2) is 0 Å². The Morgan fingerprint density at radius 1 is 0.600 bits per heavy atom. The molecule has 1 atom stereocenters. The summed E-state index contributed by atoms with van der Waals surface area (Å²) in [5.74, 6) is 0. The Kier molecular flexibility index (Phi) is 3.81. The van der Waals surface area contributed by atoms with E-state index < -0.39 is 5.41 Å². The van der Waals surface area contributed by atoms with Gasteiger partial charge in [0.25, 0.3) is 0 Å². The Hall–Kier alpha value is -3.42. The van der Waals surface area contributed by atoms with Gasteiger partial charge in [0.05, 0.1) is 10.9 Å². The van der Waals surface area contributed by atoms with Crippen molar-refractivity contribution in [1.29, 1.82) is 0 Å². The second-order valence-electron chi connectivity index (χ2n) is 7.76. The van der Waals surface area contributed by atoms with E-state index >= 15 is 0 Å². The largest absolute Gasteiger partial charge is 0.256 e. The van der Waals surface area contributed by atoms with E-state index in [1.54, 1.807) is 0 Å². The maximum absolute atomic E-state index is 6.55. The Morgan fingerprint density at radius 2 is 1.40 bits per heavy atom. The van der Waals surface area contributed by atoms with Gasteiger partial charge in [0.1, 0.15) is 0 Å². The Bertz CT molecular complexity index is 1410. The summed E-state index contributed by atoms with van der Waals surface area (Å²) in [6.07, 6.45) is 1.84. The number of nitrogens with zero attached hydrogens (tertiary/aromatic N) is 1. The molecule has 0 bridgehead atoms. The van der Waals surface area contributed by atoms with Crippen molar-refractivity contribution >= 4 is 22.5 Å². The average molecular weight is 404 g/mol. The van der Waals surface area contributed by atoms with Crippen LogP contribution in [0.25, 0.3) is 22.0 Å². The van der Waals surface area contributed by atoms with Gasteiger partial charge in [0.15, 0.2) is 0 Å². The molecule has 142 valence electrons. The van der Waals surface area contributed by atoms with Crippen molar-refractivity contribution in [2.24, 2.45) is 0 Å². The standard InChI is InChI=1S/C28H18ClN/c29-22-13-14-24-23-10-4-5-11-25(23)28(26(24)18-22,20-8-2-1-3-9-20)21-12-15-27-19(17-21)7-6-16-30-27/h1-18H. The van der Waals surface area contributed by atoms with Crippen LogP contribution in [0.2, 0.25) is 5.02 Å². The normalized spacial score (nSPS) is 17.0. The summed E-state index contributed by atoms with van der Waals surface area (Å²) in [5, 5.41) is 1.89. The lowest BCUT2D eigenvalue weighted by Gasteiger charge is -2.34. The molecule has 4 aromatic carbocycles. The van der Waals surface area contributed by atoms with Gasteiger partial charge in [-0.1, -0.05) is 84.4 Å². The summed E-state index contributed by atoms with van der Waals surface area (Å²) in [5.41, 5.74) is 8.06. The molecular formula is C28H18ClN. The van der Waals surface area contributed by atoms with Crippen LogP contribution in [0.3, 0.4) is 0 Å². The van der Waals surface area contributed by atoms with Crippen molar-refractivity contribution in [1.82, 2.24) is 4.98 Å². The topological polar surface area (TPSA) is 12.9 Å². The van der Waals surface area contributed by atoms with Crippen molar-refractivity contribution < 1.29 is 0 Å². The third kappa shape index (κ3) is 2.33. The molecule has 1 aromatic heterocycles. The Balaban J connectivity index is 1.80. The second-order valence-corrected chi connectivity index (χ2v) is 8.20. The molecule has 2 heteroatoms. The van der Waals surface area contributed by atoms with E-state index in [0.29, 0.717) is 0 Å². The first-order valence-electron chi connectivity index (χ1n) is 10.1. The fraction of sp³-hybridized carbons (Fsp3) is 0.0357. The van der Waals surface area contributed by atoms with Crippen LogP contribution in [0.15, 0.2) is 109 Å². The molecule has 0 radical (unpaired) electrons. The lowest BCUT2D eigenvalue weighted by molar-refractivity contribution is 0.770. The van der Waals surface area contributed by atoms with Crippen LogP contribution in [0, 0.1) is 0 Å². The van der Waals surface area contributed by atoms with Crippen LogP contribution in [-0.2, 0) is 5.41 Å². The molecule has 1 unspecified atom stereocenters. The van der Waals surface area contributed by atoms with Crippen LogP contribution in [0.4, 0.5) is 0 Å². The number of rotatable bonds is 2. The third-order valence-electron chi connectivity index (χ3n) is 6.25. The zero-order valence-corrected chi connectivity index (χ0v) is 17.0. The predicted molar refractivity (Wildman–Crippen MR) is 124 cm³/mol. The van der Waals surface area contributed by atoms with E-state index in [-0.39, 0.29) is 0 Å². The lowest BCUT2D eigenvalue weighted by Crippen LogP contribution is -2.28. The number of halogens is 1. The van der Waals surface area contributed by atoms with Crippen molar-refractivity contribution in [3.63, 3.8) is 0 Å². The summed E-state index contributed by atoms with van der Waals surface area (Å²) >= 11 is 6.55. The highest BCUT2D eigenvalue weighted by atomic mass is 35.5. The summed E-state index contributed by atoms with van der Waals surface area (Å²) in [6.45, 7) is 0. The molecule has 0 saturated carbocycles. The maximum Gasteiger partial charge on any atom is 0.0714 e. The van der Waals surface area contributed by atoms with Gasteiger partial charge in [0, 0.05) is 16.6 Å². The van der Waals surface area contributed by atoms with Gasteiger partial charge in [-0.3, -0.25) is 4.98 Å². The van der Waals surface area contributed by atoms with E-state index in [1.807, 2.05) is 18.3 Å². The number of pyridine rings is 1. The minimum atomic E-state index is -0.428. The van der Waals surface area contributed by atoms with E-state index in [4.69, 9.17) is 11.6 Å². The van der Waals surface area contributed by atoms with Crippen LogP contribution in [-0.4, -0.2) is 4.98 Å². The summed E-state index contributed by atoms with van der Waals surface area (Å²) in [6, 6.07) is 36.5. The quantitative estimate of drug-likeness (QED) is 0.296. The van der Waals surface area contributed by atoms with E-state index in [1.165, 1.54) is 33.4 Å². The molecule has 0 spiro atoms. The highest BCUT2D eigenvalue weighted by molar-refractivity contribution is 6.30. The zero-order valence-electron chi connectivity index (χ0n) is 16.2. The number of hydrogen-bond donors (Lipinski definition) is 0. The highest BCUT2D eigenvalue weighted by Crippen LogP contribution is 2.56. The molecule has 1 aliphatic rings. The average Bonchev–Trinajstić information content (AvgIpc) is 3.09. The summed E-state index contributed by atoms with van der Waals surface area (Å²) in [7, 11) is 0. The van der Waals surface area contributed by atoms with Crippen molar-refractivity contribution in [3.05, 3.63) is 137 Å². The number of fused-ring (bicyclic) bond motifs is 4. The summed E-state index contributed by atoms with van der Waals surface area (Å²) in [4.78, 5) is 4.53. The van der Waals surface area contributed by atoms with Gasteiger partial charge in [-0.2, -0.15) is 0 Å². The molecule has 5 aromatic rings. The maximum atomic E-state index is 6.55. The molecule has 0 amide bonds. The first kappa shape index (κ1) is 17.4. The predicted octanol–water partition coefficient (Wildman–Crippen LogP) is 7.25.